The zero-order chi connectivity index (χ0) is 21.0. The van der Waals surface area contributed by atoms with Crippen molar-refractivity contribution in [2.75, 3.05) is 51.7 Å². The SMILES string of the molecule is Cc1nn(CCCCN2CCN(c3ncccn3)CC2)c(C)c1S(=O)(=O)N(C)C. The maximum Gasteiger partial charge on any atom is 0.246 e. The highest BCUT2D eigenvalue weighted by Gasteiger charge is 2.26. The summed E-state index contributed by atoms with van der Waals surface area (Å²) in [4.78, 5) is 13.7. The fourth-order valence-electron chi connectivity index (χ4n) is 3.68. The van der Waals surface area contributed by atoms with Gasteiger partial charge in [-0.2, -0.15) is 5.10 Å². The molecule has 3 rings (SSSR count). The Morgan fingerprint density at radius 3 is 2.24 bits per heavy atom. The Hall–Kier alpha value is -2.04. The fourth-order valence-corrected chi connectivity index (χ4v) is 4.94. The maximum atomic E-state index is 12.5. The first-order valence-corrected chi connectivity index (χ1v) is 11.5. The van der Waals surface area contributed by atoms with Gasteiger partial charge in [-0.15, -0.1) is 0 Å². The van der Waals surface area contributed by atoms with Gasteiger partial charge in [0.05, 0.1) is 11.4 Å². The van der Waals surface area contributed by atoms with Crippen molar-refractivity contribution < 1.29 is 8.42 Å². The number of nitrogens with zero attached hydrogens (tertiary/aromatic N) is 7. The van der Waals surface area contributed by atoms with Crippen LogP contribution in [0.2, 0.25) is 0 Å². The van der Waals surface area contributed by atoms with Crippen LogP contribution < -0.4 is 4.90 Å². The van der Waals surface area contributed by atoms with Gasteiger partial charge in [0, 0.05) is 59.2 Å². The summed E-state index contributed by atoms with van der Waals surface area (Å²) in [7, 11) is -0.365. The highest BCUT2D eigenvalue weighted by atomic mass is 32.2. The zero-order valence-electron chi connectivity index (χ0n) is 17.7. The van der Waals surface area contributed by atoms with E-state index in [-0.39, 0.29) is 0 Å². The van der Waals surface area contributed by atoms with Gasteiger partial charge in [0.25, 0.3) is 0 Å². The van der Waals surface area contributed by atoms with Crippen LogP contribution in [0, 0.1) is 13.8 Å². The molecule has 29 heavy (non-hydrogen) atoms. The van der Waals surface area contributed by atoms with Crippen LogP contribution in [0.4, 0.5) is 5.95 Å². The molecule has 9 nitrogen and oxygen atoms in total. The molecule has 1 saturated heterocycles. The van der Waals surface area contributed by atoms with Gasteiger partial charge in [0.15, 0.2) is 0 Å². The molecule has 3 heterocycles. The lowest BCUT2D eigenvalue weighted by atomic mass is 10.2. The molecule has 0 spiro atoms. The highest BCUT2D eigenvalue weighted by molar-refractivity contribution is 7.89. The first-order chi connectivity index (χ1) is 13.8. The van der Waals surface area contributed by atoms with Gasteiger partial charge < -0.3 is 4.90 Å². The predicted octanol–water partition coefficient (Wildman–Crippen LogP) is 1.14. The average molecular weight is 422 g/mol. The first kappa shape index (κ1) is 21.7. The second-order valence-electron chi connectivity index (χ2n) is 7.60. The third-order valence-corrected chi connectivity index (χ3v) is 7.42. The molecular formula is C19H31N7O2S. The summed E-state index contributed by atoms with van der Waals surface area (Å²) in [6, 6.07) is 1.83. The van der Waals surface area contributed by atoms with Gasteiger partial charge in [-0.25, -0.2) is 22.7 Å². The lowest BCUT2D eigenvalue weighted by Crippen LogP contribution is -2.47. The van der Waals surface area contributed by atoms with Gasteiger partial charge in [-0.3, -0.25) is 9.58 Å². The van der Waals surface area contributed by atoms with Crippen LogP contribution in [0.1, 0.15) is 24.2 Å². The van der Waals surface area contributed by atoms with E-state index in [2.05, 4.69) is 24.9 Å². The Bertz CT molecular complexity index is 904. The molecule has 0 aliphatic carbocycles. The van der Waals surface area contributed by atoms with Crippen molar-refractivity contribution in [1.29, 1.82) is 0 Å². The molecule has 10 heteroatoms. The van der Waals surface area contributed by atoms with Crippen LogP contribution in [-0.2, 0) is 16.6 Å². The molecular weight excluding hydrogens is 390 g/mol. The van der Waals surface area contributed by atoms with Crippen LogP contribution in [0.25, 0.3) is 0 Å². The summed E-state index contributed by atoms with van der Waals surface area (Å²) in [6.07, 6.45) is 5.58. The van der Waals surface area contributed by atoms with Crippen molar-refractivity contribution in [2.45, 2.75) is 38.1 Å². The molecule has 0 radical (unpaired) electrons. The minimum absolute atomic E-state index is 0.335. The number of rotatable bonds is 8. The molecule has 0 amide bonds. The summed E-state index contributed by atoms with van der Waals surface area (Å²) < 4.78 is 28.1. The van der Waals surface area contributed by atoms with E-state index >= 15 is 0 Å². The van der Waals surface area contributed by atoms with Gasteiger partial charge in [-0.05, 0) is 39.3 Å². The fraction of sp³-hybridized carbons (Fsp3) is 0.632. The minimum atomic E-state index is -3.47. The number of piperazine rings is 1. The quantitative estimate of drug-likeness (QED) is 0.591. The number of aromatic nitrogens is 4. The van der Waals surface area contributed by atoms with Crippen molar-refractivity contribution in [2.24, 2.45) is 0 Å². The Morgan fingerprint density at radius 1 is 1.00 bits per heavy atom. The van der Waals surface area contributed by atoms with E-state index in [4.69, 9.17) is 0 Å². The molecule has 1 aliphatic rings. The van der Waals surface area contributed by atoms with E-state index in [1.54, 1.807) is 33.4 Å². The van der Waals surface area contributed by atoms with E-state index < -0.39 is 10.0 Å². The smallest absolute Gasteiger partial charge is 0.246 e. The van der Waals surface area contributed by atoms with Crippen molar-refractivity contribution in [3.63, 3.8) is 0 Å². The third kappa shape index (κ3) is 4.93. The first-order valence-electron chi connectivity index (χ1n) is 10.0. The second-order valence-corrected chi connectivity index (χ2v) is 9.68. The molecule has 0 N–H and O–H groups in total. The van der Waals surface area contributed by atoms with Gasteiger partial charge in [-0.1, -0.05) is 0 Å². The van der Waals surface area contributed by atoms with Gasteiger partial charge in [0.2, 0.25) is 16.0 Å². The highest BCUT2D eigenvalue weighted by Crippen LogP contribution is 2.22. The summed E-state index contributed by atoms with van der Waals surface area (Å²) in [6.45, 7) is 9.24. The van der Waals surface area contributed by atoms with Crippen LogP contribution in [-0.4, -0.2) is 84.2 Å². The molecule has 1 fully saturated rings. The number of hydrogen-bond acceptors (Lipinski definition) is 7. The monoisotopic (exact) mass is 421 g/mol. The zero-order valence-corrected chi connectivity index (χ0v) is 18.6. The predicted molar refractivity (Wildman–Crippen MR) is 112 cm³/mol. The summed E-state index contributed by atoms with van der Waals surface area (Å²) >= 11 is 0. The van der Waals surface area contributed by atoms with Crippen LogP contribution in [0.3, 0.4) is 0 Å². The third-order valence-electron chi connectivity index (χ3n) is 5.36. The summed E-state index contributed by atoms with van der Waals surface area (Å²) in [5.74, 6) is 0.806. The standard InChI is InChI=1S/C19H31N7O2S/c1-16-18(29(27,28)23(3)4)17(2)26(22-16)11-6-5-10-24-12-14-25(15-13-24)19-20-8-7-9-21-19/h7-9H,5-6,10-15H2,1-4H3. The number of unbranched alkanes of at least 4 members (excludes halogenated alkanes) is 1. The molecule has 160 valence electrons. The largest absolute Gasteiger partial charge is 0.338 e. The van der Waals surface area contributed by atoms with Gasteiger partial charge >= 0.3 is 0 Å². The molecule has 0 saturated carbocycles. The maximum absolute atomic E-state index is 12.5. The van der Waals surface area contributed by atoms with Crippen LogP contribution in [0.15, 0.2) is 23.4 Å². The normalized spacial score (nSPS) is 16.0. The summed E-state index contributed by atoms with van der Waals surface area (Å²) in [5.41, 5.74) is 1.28. The lowest BCUT2D eigenvalue weighted by molar-refractivity contribution is 0.249. The number of sulfonamides is 1. The molecule has 0 atom stereocenters. The Balaban J connectivity index is 1.46. The minimum Gasteiger partial charge on any atom is -0.338 e. The Morgan fingerprint density at radius 2 is 1.62 bits per heavy atom. The van der Waals surface area contributed by atoms with Crippen molar-refractivity contribution in [3.8, 4) is 0 Å². The Kier molecular flexibility index (Phi) is 6.86. The molecule has 0 aromatic carbocycles. The molecule has 0 unspecified atom stereocenters. The second kappa shape index (κ2) is 9.19. The Labute approximate surface area is 173 Å². The summed E-state index contributed by atoms with van der Waals surface area (Å²) in [5, 5.41) is 4.46. The van der Waals surface area contributed by atoms with E-state index in [9.17, 15) is 8.42 Å². The molecule has 1 aliphatic heterocycles. The molecule has 2 aromatic rings. The number of anilines is 1. The topological polar surface area (TPSA) is 87.5 Å². The van der Waals surface area contributed by atoms with Gasteiger partial charge in [0.1, 0.15) is 4.90 Å². The van der Waals surface area contributed by atoms with E-state index in [0.29, 0.717) is 16.3 Å². The number of aryl methyl sites for hydroxylation is 2. The average Bonchev–Trinajstić information content (AvgIpc) is 3.00. The van der Waals surface area contributed by atoms with Crippen molar-refractivity contribution >= 4 is 16.0 Å². The van der Waals surface area contributed by atoms with Crippen LogP contribution in [0.5, 0.6) is 0 Å². The van der Waals surface area contributed by atoms with Crippen molar-refractivity contribution in [1.82, 2.24) is 29.0 Å². The number of hydrogen-bond donors (Lipinski definition) is 0. The van der Waals surface area contributed by atoms with Crippen LogP contribution >= 0.6 is 0 Å². The van der Waals surface area contributed by atoms with E-state index in [1.807, 2.05) is 17.7 Å². The van der Waals surface area contributed by atoms with E-state index in [0.717, 1.165) is 58.1 Å². The lowest BCUT2D eigenvalue weighted by Gasteiger charge is -2.34. The molecule has 0 bridgehead atoms. The van der Waals surface area contributed by atoms with Crippen molar-refractivity contribution in [3.05, 3.63) is 29.8 Å². The van der Waals surface area contributed by atoms with E-state index in [1.165, 1.54) is 4.31 Å². The molecule has 2 aromatic heterocycles.